The highest BCUT2D eigenvalue weighted by atomic mass is 19.1. The summed E-state index contributed by atoms with van der Waals surface area (Å²) in [4.78, 5) is 27.2. The van der Waals surface area contributed by atoms with Gasteiger partial charge in [-0.1, -0.05) is 19.9 Å². The van der Waals surface area contributed by atoms with Crippen LogP contribution in [0, 0.1) is 24.6 Å². The van der Waals surface area contributed by atoms with Gasteiger partial charge in [-0.3, -0.25) is 14.6 Å². The SMILES string of the molecule is Cc1nc(F)c2c(-c3ccc(F)cc3C(=O)N3CCOC[C@H]3C)cc(C3CN([C@@H](CN4CCN(C)CC4)C(C)C)C3)cn12. The number of nitrogens with zero attached hydrogens (tertiary/aromatic N) is 6. The minimum atomic E-state index is -0.594. The number of carbonyl (C=O) groups excluding carboxylic acids is 1. The third-order valence-electron chi connectivity index (χ3n) is 9.68. The van der Waals surface area contributed by atoms with Crippen molar-refractivity contribution in [3.05, 3.63) is 59.2 Å². The molecule has 3 aromatic rings. The summed E-state index contributed by atoms with van der Waals surface area (Å²) in [5.41, 5.74) is 2.69. The number of likely N-dealkylation sites (tertiary alicyclic amines) is 1. The van der Waals surface area contributed by atoms with Crippen molar-refractivity contribution < 1.29 is 18.3 Å². The number of amides is 1. The van der Waals surface area contributed by atoms with Crippen LogP contribution in [-0.4, -0.2) is 120 Å². The number of imidazole rings is 1. The summed E-state index contributed by atoms with van der Waals surface area (Å²) in [6.45, 7) is 16.9. The normalized spacial score (nSPS) is 22.0. The fourth-order valence-electron chi connectivity index (χ4n) is 6.91. The summed E-state index contributed by atoms with van der Waals surface area (Å²) < 4.78 is 37.3. The van der Waals surface area contributed by atoms with E-state index in [2.05, 4.69) is 40.6 Å². The molecular weight excluding hydrogens is 550 g/mol. The van der Waals surface area contributed by atoms with Crippen molar-refractivity contribution >= 4 is 11.4 Å². The van der Waals surface area contributed by atoms with Crippen molar-refractivity contribution in [3.8, 4) is 11.1 Å². The van der Waals surface area contributed by atoms with Crippen LogP contribution in [0.5, 0.6) is 0 Å². The smallest absolute Gasteiger partial charge is 0.254 e. The number of halogens is 2. The van der Waals surface area contributed by atoms with E-state index in [1.807, 2.05) is 19.2 Å². The maximum Gasteiger partial charge on any atom is 0.254 e. The maximum absolute atomic E-state index is 15.4. The van der Waals surface area contributed by atoms with Crippen molar-refractivity contribution in [2.45, 2.75) is 45.7 Å². The molecule has 2 aromatic heterocycles. The molecular formula is C33H44F2N6O2. The van der Waals surface area contributed by atoms with Crippen LogP contribution >= 0.6 is 0 Å². The van der Waals surface area contributed by atoms with E-state index in [0.717, 1.165) is 51.4 Å². The van der Waals surface area contributed by atoms with Crippen molar-refractivity contribution in [1.29, 1.82) is 0 Å². The third-order valence-corrected chi connectivity index (χ3v) is 9.68. The Hall–Kier alpha value is -2.92. The number of aryl methyl sites for hydroxylation is 1. The van der Waals surface area contributed by atoms with Crippen LogP contribution in [0.2, 0.25) is 0 Å². The fraction of sp³-hybridized carbons (Fsp3) is 0.576. The summed E-state index contributed by atoms with van der Waals surface area (Å²) in [6.07, 6.45) is 1.99. The van der Waals surface area contributed by atoms with E-state index in [-0.39, 0.29) is 23.4 Å². The number of ether oxygens (including phenoxy) is 1. The zero-order valence-electron chi connectivity index (χ0n) is 26.0. The predicted molar refractivity (Wildman–Crippen MR) is 163 cm³/mol. The Morgan fingerprint density at radius 3 is 2.51 bits per heavy atom. The summed E-state index contributed by atoms with van der Waals surface area (Å²) in [6, 6.07) is 6.55. The molecule has 0 unspecified atom stereocenters. The van der Waals surface area contributed by atoms with Crippen LogP contribution < -0.4 is 0 Å². The number of hydrogen-bond donors (Lipinski definition) is 0. The van der Waals surface area contributed by atoms with Crippen LogP contribution in [0.25, 0.3) is 16.6 Å². The molecule has 5 heterocycles. The molecule has 0 N–H and O–H groups in total. The van der Waals surface area contributed by atoms with Crippen LogP contribution in [0.15, 0.2) is 30.5 Å². The quantitative estimate of drug-likeness (QED) is 0.411. The number of piperazine rings is 1. The second-order valence-corrected chi connectivity index (χ2v) is 13.0. The highest BCUT2D eigenvalue weighted by Crippen LogP contribution is 2.37. The van der Waals surface area contributed by atoms with Gasteiger partial charge >= 0.3 is 0 Å². The minimum absolute atomic E-state index is 0.140. The van der Waals surface area contributed by atoms with Crippen molar-refractivity contribution in [2.24, 2.45) is 5.92 Å². The molecule has 3 fully saturated rings. The lowest BCUT2D eigenvalue weighted by Crippen LogP contribution is -2.58. The van der Waals surface area contributed by atoms with E-state index in [4.69, 9.17) is 4.74 Å². The molecule has 0 radical (unpaired) electrons. The Balaban J connectivity index is 1.32. The topological polar surface area (TPSA) is 56.6 Å². The van der Waals surface area contributed by atoms with Gasteiger partial charge in [-0.15, -0.1) is 0 Å². The van der Waals surface area contributed by atoms with E-state index in [0.29, 0.717) is 54.2 Å². The predicted octanol–water partition coefficient (Wildman–Crippen LogP) is 4.12. The van der Waals surface area contributed by atoms with Gasteiger partial charge in [0.2, 0.25) is 5.95 Å². The average Bonchev–Trinajstić information content (AvgIpc) is 3.25. The number of aromatic nitrogens is 2. The van der Waals surface area contributed by atoms with Crippen LogP contribution in [0.3, 0.4) is 0 Å². The molecule has 2 atom stereocenters. The Labute approximate surface area is 253 Å². The Morgan fingerprint density at radius 2 is 1.81 bits per heavy atom. The molecule has 3 aliphatic heterocycles. The van der Waals surface area contributed by atoms with Crippen LogP contribution in [0.4, 0.5) is 8.78 Å². The molecule has 0 aliphatic carbocycles. The second kappa shape index (κ2) is 12.2. The highest BCUT2D eigenvalue weighted by Gasteiger charge is 2.37. The van der Waals surface area contributed by atoms with Crippen molar-refractivity contribution in [2.75, 3.05) is 72.6 Å². The van der Waals surface area contributed by atoms with Gasteiger partial charge in [0, 0.05) is 76.1 Å². The first kappa shape index (κ1) is 30.1. The molecule has 0 bridgehead atoms. The van der Waals surface area contributed by atoms with Crippen LogP contribution in [-0.2, 0) is 4.74 Å². The van der Waals surface area contributed by atoms with E-state index >= 15 is 4.39 Å². The van der Waals surface area contributed by atoms with E-state index in [1.54, 1.807) is 22.3 Å². The molecule has 0 spiro atoms. The number of fused-ring (bicyclic) bond motifs is 1. The second-order valence-electron chi connectivity index (χ2n) is 13.0. The molecule has 8 nitrogen and oxygen atoms in total. The van der Waals surface area contributed by atoms with E-state index < -0.39 is 11.8 Å². The first-order valence-electron chi connectivity index (χ1n) is 15.6. The number of benzene rings is 1. The van der Waals surface area contributed by atoms with Crippen molar-refractivity contribution in [1.82, 2.24) is 29.0 Å². The first-order valence-corrected chi connectivity index (χ1v) is 15.6. The molecule has 3 saturated heterocycles. The van der Waals surface area contributed by atoms with Crippen molar-refractivity contribution in [3.63, 3.8) is 0 Å². The molecule has 43 heavy (non-hydrogen) atoms. The average molecular weight is 595 g/mol. The standard InChI is InChI=1S/C33H44F2N6O2/c1-21(2)30(19-38-10-8-37(5)9-11-38)39-16-25(17-39)24-14-28(31-32(35)36-23(4)41(31)18-24)27-7-6-26(34)15-29(27)33(42)40-12-13-43-20-22(40)3/h6-7,14-15,18,21-22,25,30H,8-13,16-17,19-20H2,1-5H3/t22-,30+/m1/s1. The van der Waals surface area contributed by atoms with Gasteiger partial charge in [0.25, 0.3) is 5.91 Å². The molecule has 232 valence electrons. The number of rotatable bonds is 7. The third kappa shape index (κ3) is 5.94. The minimum Gasteiger partial charge on any atom is -0.377 e. The monoisotopic (exact) mass is 594 g/mol. The molecule has 10 heteroatoms. The number of carbonyl (C=O) groups is 1. The maximum atomic E-state index is 15.4. The van der Waals surface area contributed by atoms with E-state index in [9.17, 15) is 9.18 Å². The zero-order valence-corrected chi connectivity index (χ0v) is 26.0. The molecule has 1 amide bonds. The number of likely N-dealkylation sites (N-methyl/N-ethyl adjacent to an activating group) is 1. The Kier molecular flexibility index (Phi) is 8.56. The van der Waals surface area contributed by atoms with Gasteiger partial charge in [0.05, 0.1) is 24.8 Å². The van der Waals surface area contributed by atoms with Gasteiger partial charge in [0.15, 0.2) is 0 Å². The van der Waals surface area contributed by atoms with Gasteiger partial charge in [-0.05, 0) is 56.1 Å². The zero-order chi connectivity index (χ0) is 30.4. The van der Waals surface area contributed by atoms with Gasteiger partial charge in [-0.25, -0.2) is 9.37 Å². The Bertz CT molecular complexity index is 1480. The summed E-state index contributed by atoms with van der Waals surface area (Å²) in [7, 11) is 2.18. The first-order chi connectivity index (χ1) is 20.6. The number of pyridine rings is 1. The lowest BCUT2D eigenvalue weighted by atomic mass is 9.86. The summed E-state index contributed by atoms with van der Waals surface area (Å²) in [5.74, 6) is -0.0360. The lowest BCUT2D eigenvalue weighted by Gasteiger charge is -2.48. The van der Waals surface area contributed by atoms with Gasteiger partial charge in [-0.2, -0.15) is 4.39 Å². The van der Waals surface area contributed by atoms with Gasteiger partial charge in [0.1, 0.15) is 17.2 Å². The fourth-order valence-corrected chi connectivity index (χ4v) is 6.91. The number of hydrogen-bond acceptors (Lipinski definition) is 6. The lowest BCUT2D eigenvalue weighted by molar-refractivity contribution is 0.00361. The number of morpholine rings is 1. The molecule has 3 aliphatic rings. The van der Waals surface area contributed by atoms with Crippen LogP contribution in [0.1, 0.15) is 48.4 Å². The largest absolute Gasteiger partial charge is 0.377 e. The summed E-state index contributed by atoms with van der Waals surface area (Å²) >= 11 is 0. The molecule has 6 rings (SSSR count). The van der Waals surface area contributed by atoms with Gasteiger partial charge < -0.3 is 18.9 Å². The molecule has 1 aromatic carbocycles. The Morgan fingerprint density at radius 1 is 1.07 bits per heavy atom. The highest BCUT2D eigenvalue weighted by molar-refractivity contribution is 6.03. The van der Waals surface area contributed by atoms with E-state index in [1.165, 1.54) is 12.1 Å². The summed E-state index contributed by atoms with van der Waals surface area (Å²) in [5, 5.41) is 0. The molecule has 0 saturated carbocycles.